The summed E-state index contributed by atoms with van der Waals surface area (Å²) in [6, 6.07) is 9.05. The Morgan fingerprint density at radius 1 is 1.27 bits per heavy atom. The summed E-state index contributed by atoms with van der Waals surface area (Å²) in [4.78, 5) is 23.7. The normalized spacial score (nSPS) is 12.5. The molecular weight excluding hydrogens is 287 g/mol. The molecule has 0 atom stereocenters. The molecule has 0 aromatic heterocycles. The molecule has 2 N–H and O–H groups in total. The zero-order valence-corrected chi connectivity index (χ0v) is 11.8. The molecule has 2 amide bonds. The van der Waals surface area contributed by atoms with Crippen LogP contribution in [-0.4, -0.2) is 18.9 Å². The fraction of sp³-hybridized carbons (Fsp3) is 0.125. The van der Waals surface area contributed by atoms with Crippen molar-refractivity contribution >= 4 is 17.5 Å². The molecule has 3 rings (SSSR count). The first kappa shape index (κ1) is 14.1. The van der Waals surface area contributed by atoms with Gasteiger partial charge in [0, 0.05) is 23.4 Å². The molecule has 1 aliphatic heterocycles. The van der Waals surface area contributed by atoms with Crippen molar-refractivity contribution < 1.29 is 18.7 Å². The van der Waals surface area contributed by atoms with Gasteiger partial charge in [0.2, 0.25) is 0 Å². The Kier molecular flexibility index (Phi) is 3.50. The van der Waals surface area contributed by atoms with Gasteiger partial charge in [-0.05, 0) is 35.9 Å². The standard InChI is InChI=1S/C16H13FN2O3/c1-22-14-5-3-9(6-13(14)17)15(20)19-11-4-2-10-8-18-16(21)12(10)7-11/h2-7H,8H2,1H3,(H,18,21)(H,19,20). The van der Waals surface area contributed by atoms with Crippen LogP contribution in [0.4, 0.5) is 10.1 Å². The van der Waals surface area contributed by atoms with Gasteiger partial charge in [-0.1, -0.05) is 6.07 Å². The van der Waals surface area contributed by atoms with Crippen LogP contribution < -0.4 is 15.4 Å². The van der Waals surface area contributed by atoms with Gasteiger partial charge in [0.25, 0.3) is 11.8 Å². The first-order chi connectivity index (χ1) is 10.6. The monoisotopic (exact) mass is 300 g/mol. The van der Waals surface area contributed by atoms with Crippen LogP contribution in [0.3, 0.4) is 0 Å². The smallest absolute Gasteiger partial charge is 0.255 e. The van der Waals surface area contributed by atoms with Gasteiger partial charge in [-0.15, -0.1) is 0 Å². The average Bonchev–Trinajstić information content (AvgIpc) is 2.88. The van der Waals surface area contributed by atoms with Crippen LogP contribution >= 0.6 is 0 Å². The van der Waals surface area contributed by atoms with Gasteiger partial charge >= 0.3 is 0 Å². The molecule has 1 aliphatic rings. The van der Waals surface area contributed by atoms with Crippen LogP contribution in [0.1, 0.15) is 26.3 Å². The van der Waals surface area contributed by atoms with Gasteiger partial charge in [-0.25, -0.2) is 4.39 Å². The highest BCUT2D eigenvalue weighted by Crippen LogP contribution is 2.22. The molecule has 2 aromatic carbocycles. The van der Waals surface area contributed by atoms with E-state index in [1.54, 1.807) is 18.2 Å². The molecule has 1 heterocycles. The quantitative estimate of drug-likeness (QED) is 0.914. The molecule has 5 nitrogen and oxygen atoms in total. The first-order valence-corrected chi connectivity index (χ1v) is 6.64. The lowest BCUT2D eigenvalue weighted by molar-refractivity contribution is 0.0964. The zero-order chi connectivity index (χ0) is 15.7. The van der Waals surface area contributed by atoms with Gasteiger partial charge < -0.3 is 15.4 Å². The lowest BCUT2D eigenvalue weighted by atomic mass is 10.1. The molecular formula is C16H13FN2O3. The summed E-state index contributed by atoms with van der Waals surface area (Å²) in [6.07, 6.45) is 0. The van der Waals surface area contributed by atoms with Crippen molar-refractivity contribution in [3.8, 4) is 5.75 Å². The highest BCUT2D eigenvalue weighted by Gasteiger charge is 2.19. The minimum atomic E-state index is -0.608. The maximum absolute atomic E-state index is 13.6. The number of amides is 2. The van der Waals surface area contributed by atoms with Gasteiger partial charge in [0.05, 0.1) is 7.11 Å². The van der Waals surface area contributed by atoms with Gasteiger partial charge in [-0.2, -0.15) is 0 Å². The molecule has 0 spiro atoms. The summed E-state index contributed by atoms with van der Waals surface area (Å²) < 4.78 is 18.4. The largest absolute Gasteiger partial charge is 0.494 e. The van der Waals surface area contributed by atoms with E-state index in [9.17, 15) is 14.0 Å². The molecule has 2 aromatic rings. The second-order valence-electron chi connectivity index (χ2n) is 4.86. The van der Waals surface area contributed by atoms with E-state index in [0.717, 1.165) is 11.6 Å². The van der Waals surface area contributed by atoms with Crippen LogP contribution in [0.15, 0.2) is 36.4 Å². The van der Waals surface area contributed by atoms with Crippen molar-refractivity contribution in [2.24, 2.45) is 0 Å². The van der Waals surface area contributed by atoms with Crippen molar-refractivity contribution in [2.45, 2.75) is 6.54 Å². The van der Waals surface area contributed by atoms with Crippen molar-refractivity contribution in [3.05, 3.63) is 58.9 Å². The predicted octanol–water partition coefficient (Wildman–Crippen LogP) is 2.33. The molecule has 0 bridgehead atoms. The molecule has 0 aliphatic carbocycles. The molecule has 22 heavy (non-hydrogen) atoms. The van der Waals surface area contributed by atoms with Crippen molar-refractivity contribution in [3.63, 3.8) is 0 Å². The van der Waals surface area contributed by atoms with Crippen LogP contribution in [0.2, 0.25) is 0 Å². The highest BCUT2D eigenvalue weighted by atomic mass is 19.1. The molecule has 0 saturated carbocycles. The minimum absolute atomic E-state index is 0.0748. The van der Waals surface area contributed by atoms with E-state index >= 15 is 0 Å². The lowest BCUT2D eigenvalue weighted by Gasteiger charge is -2.08. The second kappa shape index (κ2) is 5.48. The second-order valence-corrected chi connectivity index (χ2v) is 4.86. The number of rotatable bonds is 3. The number of hydrogen-bond donors (Lipinski definition) is 2. The Morgan fingerprint density at radius 2 is 2.09 bits per heavy atom. The Morgan fingerprint density at radius 3 is 2.82 bits per heavy atom. The van der Waals surface area contributed by atoms with E-state index < -0.39 is 11.7 Å². The van der Waals surface area contributed by atoms with E-state index in [2.05, 4.69) is 10.6 Å². The van der Waals surface area contributed by atoms with Crippen LogP contribution in [-0.2, 0) is 6.54 Å². The Balaban J connectivity index is 1.81. The minimum Gasteiger partial charge on any atom is -0.494 e. The first-order valence-electron chi connectivity index (χ1n) is 6.64. The lowest BCUT2D eigenvalue weighted by Crippen LogP contribution is -2.14. The van der Waals surface area contributed by atoms with E-state index in [-0.39, 0.29) is 17.2 Å². The maximum Gasteiger partial charge on any atom is 0.255 e. The van der Waals surface area contributed by atoms with Gasteiger partial charge in [-0.3, -0.25) is 9.59 Å². The number of benzene rings is 2. The Hall–Kier alpha value is -2.89. The van der Waals surface area contributed by atoms with Crippen LogP contribution in [0.25, 0.3) is 0 Å². The third kappa shape index (κ3) is 2.50. The molecule has 0 fully saturated rings. The third-order valence-corrected chi connectivity index (χ3v) is 3.47. The van der Waals surface area contributed by atoms with E-state index in [0.29, 0.717) is 17.8 Å². The number of nitrogens with one attached hydrogen (secondary N) is 2. The predicted molar refractivity (Wildman–Crippen MR) is 78.5 cm³/mol. The van der Waals surface area contributed by atoms with Gasteiger partial charge in [0.15, 0.2) is 11.6 Å². The molecule has 6 heteroatoms. The number of fused-ring (bicyclic) bond motifs is 1. The van der Waals surface area contributed by atoms with E-state index in [4.69, 9.17) is 4.74 Å². The number of anilines is 1. The topological polar surface area (TPSA) is 67.4 Å². The van der Waals surface area contributed by atoms with Crippen molar-refractivity contribution in [2.75, 3.05) is 12.4 Å². The summed E-state index contributed by atoms with van der Waals surface area (Å²) >= 11 is 0. The summed E-state index contributed by atoms with van der Waals surface area (Å²) in [6.45, 7) is 0.492. The summed E-state index contributed by atoms with van der Waals surface area (Å²) in [5, 5.41) is 5.35. The molecule has 0 saturated heterocycles. The van der Waals surface area contributed by atoms with Gasteiger partial charge in [0.1, 0.15) is 0 Å². The average molecular weight is 300 g/mol. The van der Waals surface area contributed by atoms with Crippen molar-refractivity contribution in [1.29, 1.82) is 0 Å². The van der Waals surface area contributed by atoms with Crippen molar-refractivity contribution in [1.82, 2.24) is 5.32 Å². The fourth-order valence-corrected chi connectivity index (χ4v) is 2.30. The Bertz CT molecular complexity index is 774. The summed E-state index contributed by atoms with van der Waals surface area (Å²) in [7, 11) is 1.35. The van der Waals surface area contributed by atoms with E-state index in [1.807, 2.05) is 0 Å². The number of ether oxygens (including phenoxy) is 1. The molecule has 0 radical (unpaired) electrons. The molecule has 112 valence electrons. The number of halogens is 1. The summed E-state index contributed by atoms with van der Waals surface area (Å²) in [5.41, 5.74) is 2.08. The van der Waals surface area contributed by atoms with Crippen LogP contribution in [0, 0.1) is 5.82 Å². The number of hydrogen-bond acceptors (Lipinski definition) is 3. The van der Waals surface area contributed by atoms with E-state index in [1.165, 1.54) is 19.2 Å². The third-order valence-electron chi connectivity index (χ3n) is 3.47. The highest BCUT2D eigenvalue weighted by molar-refractivity contribution is 6.05. The number of carbonyl (C=O) groups excluding carboxylic acids is 2. The van der Waals surface area contributed by atoms with Crippen LogP contribution in [0.5, 0.6) is 5.75 Å². The number of methoxy groups -OCH3 is 1. The SMILES string of the molecule is COc1ccc(C(=O)Nc2ccc3c(c2)C(=O)NC3)cc1F. The molecule has 0 unspecified atom stereocenters. The Labute approximate surface area is 126 Å². The summed E-state index contributed by atoms with van der Waals surface area (Å²) in [5.74, 6) is -1.16. The zero-order valence-electron chi connectivity index (χ0n) is 11.8. The number of carbonyl (C=O) groups is 2. The fourth-order valence-electron chi connectivity index (χ4n) is 2.30. The maximum atomic E-state index is 13.6.